The van der Waals surface area contributed by atoms with Gasteiger partial charge in [-0.1, -0.05) is 24.8 Å². The second-order valence-electron chi connectivity index (χ2n) is 5.80. The van der Waals surface area contributed by atoms with E-state index >= 15 is 0 Å². The summed E-state index contributed by atoms with van der Waals surface area (Å²) in [4.78, 5) is 25.8. The molecule has 150 valence electrons. The Morgan fingerprint density at radius 2 is 2.00 bits per heavy atom. The van der Waals surface area contributed by atoms with Crippen LogP contribution in [-0.4, -0.2) is 39.2 Å². The minimum atomic E-state index is -0.483. The van der Waals surface area contributed by atoms with Crippen molar-refractivity contribution in [3.63, 3.8) is 0 Å². The Kier molecular flexibility index (Phi) is 7.37. The van der Waals surface area contributed by atoms with Crippen molar-refractivity contribution in [1.82, 2.24) is 20.3 Å². The third-order valence-corrected chi connectivity index (χ3v) is 4.63. The smallest absolute Gasteiger partial charge is 0.320 e. The van der Waals surface area contributed by atoms with Crippen LogP contribution in [0, 0.1) is 0 Å². The van der Waals surface area contributed by atoms with E-state index in [0.29, 0.717) is 17.9 Å². The van der Waals surface area contributed by atoms with Gasteiger partial charge < -0.3 is 15.2 Å². The average Bonchev–Trinajstić information content (AvgIpc) is 2.75. The monoisotopic (exact) mass is 411 g/mol. The molecule has 0 aromatic carbocycles. The highest BCUT2D eigenvalue weighted by Gasteiger charge is 2.14. The molecule has 0 aliphatic heterocycles. The van der Waals surface area contributed by atoms with E-state index < -0.39 is 6.03 Å². The van der Waals surface area contributed by atoms with Gasteiger partial charge in [0.2, 0.25) is 0 Å². The standard InChI is InChI=1S/C20H21N5O3S/c1-2-15-16(6-5-9-21-15)28-17-12-14(29-18-7-3-4-8-22-18)13-24-19(17)25-20(27)23-10-11-26/h3-9,12-13,26H,2,10-11H2,1H3,(H2,23,24,25,27). The number of ether oxygens (including phenoxy) is 1. The van der Waals surface area contributed by atoms with Crippen molar-refractivity contribution in [1.29, 1.82) is 0 Å². The molecule has 0 atom stereocenters. The molecule has 0 saturated carbocycles. The molecule has 0 bridgehead atoms. The number of hydrogen-bond donors (Lipinski definition) is 3. The Morgan fingerprint density at radius 3 is 2.76 bits per heavy atom. The predicted molar refractivity (Wildman–Crippen MR) is 110 cm³/mol. The molecule has 3 rings (SSSR count). The Morgan fingerprint density at radius 1 is 1.14 bits per heavy atom. The summed E-state index contributed by atoms with van der Waals surface area (Å²) in [6.07, 6.45) is 5.76. The highest BCUT2D eigenvalue weighted by atomic mass is 32.2. The van der Waals surface area contributed by atoms with Crippen LogP contribution < -0.4 is 15.4 Å². The average molecular weight is 411 g/mol. The number of nitrogens with one attached hydrogen (secondary N) is 2. The van der Waals surface area contributed by atoms with Crippen LogP contribution in [-0.2, 0) is 6.42 Å². The second kappa shape index (κ2) is 10.4. The molecule has 3 aromatic heterocycles. The van der Waals surface area contributed by atoms with E-state index in [9.17, 15) is 4.79 Å². The first kappa shape index (κ1) is 20.6. The summed E-state index contributed by atoms with van der Waals surface area (Å²) in [5, 5.41) is 14.9. The third-order valence-electron chi connectivity index (χ3n) is 3.72. The number of aryl methyl sites for hydroxylation is 1. The van der Waals surface area contributed by atoms with Crippen LogP contribution in [0.25, 0.3) is 0 Å². The molecule has 9 heteroatoms. The van der Waals surface area contributed by atoms with Gasteiger partial charge in [0.1, 0.15) is 10.8 Å². The maximum Gasteiger partial charge on any atom is 0.320 e. The lowest BCUT2D eigenvalue weighted by molar-refractivity contribution is 0.244. The van der Waals surface area contributed by atoms with Gasteiger partial charge in [0.05, 0.1) is 12.3 Å². The van der Waals surface area contributed by atoms with Crippen molar-refractivity contribution < 1.29 is 14.6 Å². The number of aliphatic hydroxyl groups is 1. The number of rotatable bonds is 8. The summed E-state index contributed by atoms with van der Waals surface area (Å²) in [5.41, 5.74) is 0.797. The van der Waals surface area contributed by atoms with Crippen molar-refractivity contribution in [2.45, 2.75) is 23.3 Å². The van der Waals surface area contributed by atoms with Gasteiger partial charge in [0.15, 0.2) is 11.6 Å². The molecule has 0 radical (unpaired) electrons. The van der Waals surface area contributed by atoms with Crippen LogP contribution in [0.1, 0.15) is 12.6 Å². The molecule has 3 heterocycles. The molecule has 0 saturated heterocycles. The molecule has 8 nitrogen and oxygen atoms in total. The molecule has 29 heavy (non-hydrogen) atoms. The van der Waals surface area contributed by atoms with Crippen molar-refractivity contribution in [3.8, 4) is 11.5 Å². The van der Waals surface area contributed by atoms with E-state index in [2.05, 4.69) is 25.6 Å². The normalized spacial score (nSPS) is 10.4. The summed E-state index contributed by atoms with van der Waals surface area (Å²) in [5.74, 6) is 1.24. The van der Waals surface area contributed by atoms with Gasteiger partial charge >= 0.3 is 6.03 Å². The Hall–Kier alpha value is -3.17. The van der Waals surface area contributed by atoms with Crippen LogP contribution in [0.15, 0.2) is 64.9 Å². The molecule has 0 fully saturated rings. The lowest BCUT2D eigenvalue weighted by Gasteiger charge is -2.14. The number of pyridine rings is 3. The van der Waals surface area contributed by atoms with Gasteiger partial charge in [-0.15, -0.1) is 0 Å². The summed E-state index contributed by atoms with van der Waals surface area (Å²) < 4.78 is 6.06. The largest absolute Gasteiger partial charge is 0.452 e. The number of carbonyl (C=O) groups is 1. The van der Waals surface area contributed by atoms with Crippen molar-refractivity contribution in [3.05, 3.63) is 60.7 Å². The molecule has 2 amide bonds. The SMILES string of the molecule is CCc1ncccc1Oc1cc(Sc2ccccn2)cnc1NC(=O)NCCO. The minimum Gasteiger partial charge on any atom is -0.452 e. The van der Waals surface area contributed by atoms with Crippen LogP contribution in [0.2, 0.25) is 0 Å². The van der Waals surface area contributed by atoms with E-state index in [4.69, 9.17) is 9.84 Å². The minimum absolute atomic E-state index is 0.137. The van der Waals surface area contributed by atoms with Gasteiger partial charge in [-0.05, 0) is 30.7 Å². The lowest BCUT2D eigenvalue weighted by atomic mass is 10.2. The van der Waals surface area contributed by atoms with Crippen molar-refractivity contribution >= 4 is 23.6 Å². The van der Waals surface area contributed by atoms with Crippen LogP contribution in [0.3, 0.4) is 0 Å². The van der Waals surface area contributed by atoms with Crippen LogP contribution in [0.5, 0.6) is 11.5 Å². The zero-order chi connectivity index (χ0) is 20.5. The molecule has 0 aliphatic carbocycles. The van der Waals surface area contributed by atoms with E-state index in [1.165, 1.54) is 11.8 Å². The number of aromatic nitrogens is 3. The lowest BCUT2D eigenvalue weighted by Crippen LogP contribution is -2.31. The molecular weight excluding hydrogens is 390 g/mol. The molecule has 0 spiro atoms. The summed E-state index contributed by atoms with van der Waals surface area (Å²) in [6, 6.07) is 10.6. The van der Waals surface area contributed by atoms with E-state index in [-0.39, 0.29) is 19.0 Å². The van der Waals surface area contributed by atoms with Crippen LogP contribution >= 0.6 is 11.8 Å². The Bertz CT molecular complexity index is 956. The third kappa shape index (κ3) is 5.90. The van der Waals surface area contributed by atoms with Gasteiger partial charge in [0, 0.05) is 36.1 Å². The van der Waals surface area contributed by atoms with Crippen LogP contribution in [0.4, 0.5) is 10.6 Å². The predicted octanol–water partition coefficient (Wildman–Crippen LogP) is 3.49. The quantitative estimate of drug-likeness (QED) is 0.520. The van der Waals surface area contributed by atoms with Gasteiger partial charge in [-0.2, -0.15) is 0 Å². The maximum atomic E-state index is 12.0. The summed E-state index contributed by atoms with van der Waals surface area (Å²) in [7, 11) is 0. The van der Waals surface area contributed by atoms with Gasteiger partial charge in [0.25, 0.3) is 0 Å². The number of carbonyl (C=O) groups excluding carboxylic acids is 1. The fraction of sp³-hybridized carbons (Fsp3) is 0.200. The molecule has 0 aliphatic rings. The maximum absolute atomic E-state index is 12.0. The van der Waals surface area contributed by atoms with Gasteiger partial charge in [-0.3, -0.25) is 10.3 Å². The zero-order valence-corrected chi connectivity index (χ0v) is 16.6. The number of urea groups is 1. The first-order valence-corrected chi connectivity index (χ1v) is 9.87. The molecular formula is C20H21N5O3S. The number of amides is 2. The first-order chi connectivity index (χ1) is 14.2. The fourth-order valence-corrected chi connectivity index (χ4v) is 3.18. The number of hydrogen-bond acceptors (Lipinski definition) is 7. The number of nitrogens with zero attached hydrogens (tertiary/aromatic N) is 3. The highest BCUT2D eigenvalue weighted by molar-refractivity contribution is 7.99. The highest BCUT2D eigenvalue weighted by Crippen LogP contribution is 2.35. The van der Waals surface area contributed by atoms with Crippen molar-refractivity contribution in [2.75, 3.05) is 18.5 Å². The van der Waals surface area contributed by atoms with E-state index in [1.807, 2.05) is 31.2 Å². The van der Waals surface area contributed by atoms with Gasteiger partial charge in [-0.25, -0.2) is 14.8 Å². The summed E-state index contributed by atoms with van der Waals surface area (Å²) >= 11 is 1.43. The van der Waals surface area contributed by atoms with Crippen molar-refractivity contribution in [2.24, 2.45) is 0 Å². The fourth-order valence-electron chi connectivity index (χ4n) is 2.40. The second-order valence-corrected chi connectivity index (χ2v) is 6.89. The summed E-state index contributed by atoms with van der Waals surface area (Å²) in [6.45, 7) is 1.97. The first-order valence-electron chi connectivity index (χ1n) is 9.06. The Labute approximate surface area is 172 Å². The number of aliphatic hydroxyl groups excluding tert-OH is 1. The van der Waals surface area contributed by atoms with E-state index in [1.54, 1.807) is 30.7 Å². The zero-order valence-electron chi connectivity index (χ0n) is 15.8. The van der Waals surface area contributed by atoms with E-state index in [0.717, 1.165) is 15.6 Å². The Balaban J connectivity index is 1.89. The molecule has 0 unspecified atom stereocenters. The molecule has 3 N–H and O–H groups in total. The number of anilines is 1. The molecule has 3 aromatic rings. The topological polar surface area (TPSA) is 109 Å².